The van der Waals surface area contributed by atoms with E-state index in [1.165, 1.54) is 4.90 Å². The van der Waals surface area contributed by atoms with Gasteiger partial charge in [-0.2, -0.15) is 0 Å². The van der Waals surface area contributed by atoms with Gasteiger partial charge >= 0.3 is 12.0 Å². The van der Waals surface area contributed by atoms with Gasteiger partial charge in [-0.15, -0.1) is 0 Å². The molecule has 136 valence electrons. The minimum Gasteiger partial charge on any atom is -0.479 e. The normalized spacial score (nSPS) is 20.2. The average Bonchev–Trinajstić information content (AvgIpc) is 2.52. The molecule has 0 saturated carbocycles. The van der Waals surface area contributed by atoms with Gasteiger partial charge < -0.3 is 25.4 Å². The summed E-state index contributed by atoms with van der Waals surface area (Å²) in [5.41, 5.74) is 0.862. The summed E-state index contributed by atoms with van der Waals surface area (Å²) < 4.78 is 5.32. The zero-order valence-electron chi connectivity index (χ0n) is 14.5. The van der Waals surface area contributed by atoms with Gasteiger partial charge in [0.2, 0.25) is 0 Å². The first-order valence-electron chi connectivity index (χ1n) is 8.11. The van der Waals surface area contributed by atoms with Crippen LogP contribution in [0.4, 0.5) is 10.5 Å². The third-order valence-corrected chi connectivity index (χ3v) is 3.61. The van der Waals surface area contributed by atoms with E-state index in [-0.39, 0.29) is 30.6 Å². The molecule has 3 N–H and O–H groups in total. The van der Waals surface area contributed by atoms with Crippen LogP contribution in [0, 0.1) is 0 Å². The van der Waals surface area contributed by atoms with E-state index in [0.717, 1.165) is 0 Å². The van der Waals surface area contributed by atoms with Gasteiger partial charge in [-0.3, -0.25) is 4.79 Å². The van der Waals surface area contributed by atoms with Gasteiger partial charge in [-0.1, -0.05) is 6.07 Å². The predicted octanol–water partition coefficient (Wildman–Crippen LogP) is 1.53. The Morgan fingerprint density at radius 3 is 2.64 bits per heavy atom. The number of nitrogens with one attached hydrogen (secondary N) is 2. The number of hydrogen-bond acceptors (Lipinski definition) is 4. The molecular weight excluding hydrogens is 326 g/mol. The molecule has 25 heavy (non-hydrogen) atoms. The van der Waals surface area contributed by atoms with Crippen LogP contribution in [0.1, 0.15) is 31.1 Å². The molecule has 1 aliphatic heterocycles. The van der Waals surface area contributed by atoms with Crippen LogP contribution in [0.2, 0.25) is 0 Å². The van der Waals surface area contributed by atoms with E-state index >= 15 is 0 Å². The number of rotatable bonds is 4. The summed E-state index contributed by atoms with van der Waals surface area (Å²) in [6.07, 6.45) is -1.40. The van der Waals surface area contributed by atoms with Crippen molar-refractivity contribution in [2.45, 2.75) is 39.0 Å². The van der Waals surface area contributed by atoms with Crippen molar-refractivity contribution in [3.05, 3.63) is 29.8 Å². The lowest BCUT2D eigenvalue weighted by atomic mass is 10.1. The van der Waals surface area contributed by atoms with Crippen molar-refractivity contribution >= 4 is 23.6 Å². The Morgan fingerprint density at radius 1 is 1.28 bits per heavy atom. The van der Waals surface area contributed by atoms with E-state index in [1.807, 2.05) is 13.8 Å². The molecular formula is C17H23N3O5. The van der Waals surface area contributed by atoms with Crippen molar-refractivity contribution in [3.8, 4) is 0 Å². The average molecular weight is 349 g/mol. The van der Waals surface area contributed by atoms with Gasteiger partial charge in [-0.25, -0.2) is 9.59 Å². The Labute approximate surface area is 146 Å². The molecule has 1 fully saturated rings. The molecule has 1 saturated heterocycles. The lowest BCUT2D eigenvalue weighted by molar-refractivity contribution is -0.160. The first-order chi connectivity index (χ1) is 11.8. The standard InChI is InChI=1S/C17H23N3O5/c1-10(2)18-17(24)19-13-6-4-5-12(7-13)15(21)20-8-11(3)25-14(9-20)16(22)23/h4-7,10-11,14H,8-9H2,1-3H3,(H,22,23)(H2,18,19,24)/t11-,14?/m1/s1. The molecule has 1 aliphatic rings. The number of aliphatic carboxylic acids is 1. The molecule has 2 atom stereocenters. The Balaban J connectivity index is 2.10. The highest BCUT2D eigenvalue weighted by molar-refractivity contribution is 5.97. The fourth-order valence-electron chi connectivity index (χ4n) is 2.60. The molecule has 1 aromatic carbocycles. The second-order valence-electron chi connectivity index (χ2n) is 6.32. The molecule has 0 aliphatic carbocycles. The molecule has 8 nitrogen and oxygen atoms in total. The molecule has 0 aromatic heterocycles. The minimum absolute atomic E-state index is 0.00685. The quantitative estimate of drug-likeness (QED) is 0.764. The number of morpholine rings is 1. The number of carbonyl (C=O) groups is 3. The van der Waals surface area contributed by atoms with E-state index in [1.54, 1.807) is 31.2 Å². The van der Waals surface area contributed by atoms with E-state index < -0.39 is 12.1 Å². The number of nitrogens with zero attached hydrogens (tertiary/aromatic N) is 1. The van der Waals surface area contributed by atoms with Crippen LogP contribution in [-0.4, -0.2) is 59.3 Å². The van der Waals surface area contributed by atoms with Gasteiger partial charge in [0.15, 0.2) is 6.10 Å². The SMILES string of the molecule is CC(C)NC(=O)Nc1cccc(C(=O)N2CC(C(=O)O)O[C@H](C)C2)c1. The van der Waals surface area contributed by atoms with Crippen LogP contribution in [0.25, 0.3) is 0 Å². The summed E-state index contributed by atoms with van der Waals surface area (Å²) >= 11 is 0. The lowest BCUT2D eigenvalue weighted by Gasteiger charge is -2.35. The Hall–Kier alpha value is -2.61. The minimum atomic E-state index is -1.09. The van der Waals surface area contributed by atoms with Crippen LogP contribution < -0.4 is 10.6 Å². The maximum atomic E-state index is 12.7. The first-order valence-corrected chi connectivity index (χ1v) is 8.11. The van der Waals surface area contributed by atoms with Gasteiger partial charge in [0, 0.05) is 23.8 Å². The summed E-state index contributed by atoms with van der Waals surface area (Å²) in [4.78, 5) is 37.1. The van der Waals surface area contributed by atoms with Gasteiger partial charge in [0.25, 0.3) is 5.91 Å². The second kappa shape index (κ2) is 7.98. The van der Waals surface area contributed by atoms with Crippen molar-refractivity contribution in [1.82, 2.24) is 10.2 Å². The van der Waals surface area contributed by atoms with E-state index in [2.05, 4.69) is 10.6 Å². The Bertz CT molecular complexity index is 661. The number of carboxylic acid groups (broad SMARTS) is 1. The monoisotopic (exact) mass is 349 g/mol. The fraction of sp³-hybridized carbons (Fsp3) is 0.471. The van der Waals surface area contributed by atoms with Crippen LogP contribution >= 0.6 is 0 Å². The Morgan fingerprint density at radius 2 is 2.00 bits per heavy atom. The van der Waals surface area contributed by atoms with Crippen LogP contribution in [-0.2, 0) is 9.53 Å². The van der Waals surface area contributed by atoms with E-state index in [0.29, 0.717) is 17.8 Å². The number of carboxylic acids is 1. The second-order valence-corrected chi connectivity index (χ2v) is 6.32. The zero-order valence-corrected chi connectivity index (χ0v) is 14.5. The van der Waals surface area contributed by atoms with Crippen molar-refractivity contribution in [1.29, 1.82) is 0 Å². The highest BCUT2D eigenvalue weighted by atomic mass is 16.5. The van der Waals surface area contributed by atoms with Crippen LogP contribution in [0.5, 0.6) is 0 Å². The number of urea groups is 1. The summed E-state index contributed by atoms with van der Waals surface area (Å²) in [7, 11) is 0. The van der Waals surface area contributed by atoms with Gasteiger partial charge in [0.05, 0.1) is 12.6 Å². The number of benzene rings is 1. The Kier molecular flexibility index (Phi) is 5.97. The highest BCUT2D eigenvalue weighted by Crippen LogP contribution is 2.17. The predicted molar refractivity (Wildman–Crippen MR) is 91.6 cm³/mol. The first kappa shape index (κ1) is 18.7. The van der Waals surface area contributed by atoms with E-state index in [9.17, 15) is 14.4 Å². The largest absolute Gasteiger partial charge is 0.479 e. The zero-order chi connectivity index (χ0) is 18.6. The van der Waals surface area contributed by atoms with Gasteiger partial charge in [0.1, 0.15) is 0 Å². The number of amides is 3. The molecule has 2 rings (SSSR count). The summed E-state index contributed by atoms with van der Waals surface area (Å²) in [5.74, 6) is -1.39. The molecule has 0 radical (unpaired) electrons. The maximum Gasteiger partial charge on any atom is 0.334 e. The van der Waals surface area contributed by atoms with Crippen molar-refractivity contribution in [2.24, 2.45) is 0 Å². The summed E-state index contributed by atoms with van der Waals surface area (Å²) in [6, 6.07) is 6.18. The topological polar surface area (TPSA) is 108 Å². The number of hydrogen-bond donors (Lipinski definition) is 3. The van der Waals surface area contributed by atoms with Crippen molar-refractivity contribution in [2.75, 3.05) is 18.4 Å². The van der Waals surface area contributed by atoms with Gasteiger partial charge in [-0.05, 0) is 39.0 Å². The van der Waals surface area contributed by atoms with Crippen LogP contribution in [0.15, 0.2) is 24.3 Å². The van der Waals surface area contributed by atoms with Crippen LogP contribution in [0.3, 0.4) is 0 Å². The lowest BCUT2D eigenvalue weighted by Crippen LogP contribution is -2.51. The molecule has 1 unspecified atom stereocenters. The molecule has 1 heterocycles. The fourth-order valence-corrected chi connectivity index (χ4v) is 2.60. The smallest absolute Gasteiger partial charge is 0.334 e. The molecule has 3 amide bonds. The van der Waals surface area contributed by atoms with Crippen molar-refractivity contribution < 1.29 is 24.2 Å². The molecule has 8 heteroatoms. The third-order valence-electron chi connectivity index (χ3n) is 3.61. The highest BCUT2D eigenvalue weighted by Gasteiger charge is 2.33. The molecule has 0 bridgehead atoms. The van der Waals surface area contributed by atoms with Crippen molar-refractivity contribution in [3.63, 3.8) is 0 Å². The maximum absolute atomic E-state index is 12.7. The third kappa shape index (κ3) is 5.18. The molecule has 1 aromatic rings. The number of anilines is 1. The summed E-state index contributed by atoms with van der Waals surface area (Å²) in [6.45, 7) is 5.72. The summed E-state index contributed by atoms with van der Waals surface area (Å²) in [5, 5.41) is 14.5. The molecule has 0 spiro atoms. The number of ether oxygens (including phenoxy) is 1. The van der Waals surface area contributed by atoms with E-state index in [4.69, 9.17) is 9.84 Å². The number of carbonyl (C=O) groups excluding carboxylic acids is 2.